The number of rotatable bonds is 31. The molecule has 25 heteroatoms. The third kappa shape index (κ3) is 16.4. The molecule has 7 rings (SSSR count). The Morgan fingerprint density at radius 2 is 0.862 bits per heavy atom. The minimum Gasteiger partial charge on any atom is -0.493 e. The first-order valence-electron chi connectivity index (χ1n) is 30.3. The molecule has 4 heterocycles. The summed E-state index contributed by atoms with van der Waals surface area (Å²) in [4.78, 5) is 110. The molecule has 482 valence electrons. The number of carbonyl (C=O) groups excluding carboxylic acids is 8. The van der Waals surface area contributed by atoms with E-state index in [1.54, 1.807) is 72.7 Å². The lowest BCUT2D eigenvalue weighted by molar-refractivity contribution is -0.366. The van der Waals surface area contributed by atoms with Crippen LogP contribution in [0.3, 0.4) is 0 Å². The maximum absolute atomic E-state index is 14.4. The maximum Gasteiger partial charge on any atom is 0.310 e. The molecular weight excluding hydrogens is 1140 g/mol. The number of ether oxygens (including phenoxy) is 17. The van der Waals surface area contributed by atoms with Crippen LogP contribution < -0.4 is 23.7 Å². The Morgan fingerprint density at radius 3 is 1.31 bits per heavy atom. The summed E-state index contributed by atoms with van der Waals surface area (Å²) >= 11 is 0. The number of fused-ring (bicyclic) bond motifs is 3. The molecule has 0 amide bonds. The molecule has 3 fully saturated rings. The second-order valence-electron chi connectivity index (χ2n) is 21.7. The van der Waals surface area contributed by atoms with E-state index in [4.69, 9.17) is 80.5 Å². The molecule has 1 aliphatic carbocycles. The third-order valence-electron chi connectivity index (χ3n) is 15.3. The van der Waals surface area contributed by atoms with Crippen molar-refractivity contribution in [3.05, 3.63) is 41.0 Å². The summed E-state index contributed by atoms with van der Waals surface area (Å²) in [6, 6.07) is 6.93. The van der Waals surface area contributed by atoms with Crippen LogP contribution >= 0.6 is 0 Å². The summed E-state index contributed by atoms with van der Waals surface area (Å²) in [5.41, 5.74) is 1.58. The Labute approximate surface area is 506 Å². The quantitative estimate of drug-likeness (QED) is 0.0521. The SMILES string of the molecule is CCCC(=O)OC[C@H]1O[C@H](O[C@H]2[C@H](OC(=O)CCC)[C@@H](OC(=O)CCC)[C@@H](O[C@@H]3c4cc5c(cc4[C@@H](c4cc(OC)c(OC)c(OC)c4)[C@H]4C(=O)OC[C@@H]43)OCO5)O[C@@H]2COC(=O)CCC)[C@H](OC(=O)CCC)[C@@H](OC(=O)CCC)[C@@H]1OC(=O)CCC. The van der Waals surface area contributed by atoms with Crippen molar-refractivity contribution in [3.8, 4) is 28.7 Å². The molecule has 2 aromatic carbocycles. The summed E-state index contributed by atoms with van der Waals surface area (Å²) in [5, 5.41) is 0. The first-order valence-corrected chi connectivity index (χ1v) is 30.3. The van der Waals surface area contributed by atoms with Crippen molar-refractivity contribution >= 4 is 47.8 Å². The summed E-state index contributed by atoms with van der Waals surface area (Å²) in [7, 11) is 4.41. The number of esters is 8. The molecule has 0 aromatic heterocycles. The Morgan fingerprint density at radius 1 is 0.460 bits per heavy atom. The van der Waals surface area contributed by atoms with Crippen molar-refractivity contribution < 1.29 is 119 Å². The van der Waals surface area contributed by atoms with Crippen LogP contribution in [0, 0.1) is 11.8 Å². The fraction of sp³-hybridized carbons (Fsp3) is 0.677. The molecule has 0 unspecified atom stereocenters. The van der Waals surface area contributed by atoms with Crippen LogP contribution in [0.15, 0.2) is 24.3 Å². The molecular formula is C62H84O25. The van der Waals surface area contributed by atoms with Gasteiger partial charge in [0.2, 0.25) is 12.5 Å². The van der Waals surface area contributed by atoms with E-state index >= 15 is 0 Å². The number of cyclic esters (lactones) is 1. The number of benzene rings is 2. The van der Waals surface area contributed by atoms with Gasteiger partial charge in [-0.3, -0.25) is 38.4 Å². The number of methoxy groups -OCH3 is 3. The fourth-order valence-electron chi connectivity index (χ4n) is 11.3. The number of hydrogen-bond donors (Lipinski definition) is 0. The van der Waals surface area contributed by atoms with E-state index in [9.17, 15) is 38.4 Å². The second kappa shape index (κ2) is 32.3. The zero-order valence-corrected chi connectivity index (χ0v) is 51.3. The molecule has 2 aromatic rings. The lowest BCUT2D eigenvalue weighted by atomic mass is 9.66. The van der Waals surface area contributed by atoms with Crippen molar-refractivity contribution in [2.75, 3.05) is 47.9 Å². The lowest BCUT2D eigenvalue weighted by Crippen LogP contribution is -2.67. The van der Waals surface area contributed by atoms with Crippen LogP contribution in [0.4, 0.5) is 0 Å². The van der Waals surface area contributed by atoms with Gasteiger partial charge in [0.15, 0.2) is 66.1 Å². The van der Waals surface area contributed by atoms with Gasteiger partial charge in [0.05, 0.1) is 40.0 Å². The average Bonchev–Trinajstić information content (AvgIpc) is 1.83. The highest BCUT2D eigenvalue weighted by Crippen LogP contribution is 2.57. The number of hydrogen-bond acceptors (Lipinski definition) is 25. The Kier molecular flexibility index (Phi) is 25.1. The average molecular weight is 1230 g/mol. The third-order valence-corrected chi connectivity index (χ3v) is 15.3. The van der Waals surface area contributed by atoms with Gasteiger partial charge in [-0.25, -0.2) is 0 Å². The minimum absolute atomic E-state index is 0.00157. The monoisotopic (exact) mass is 1230 g/mol. The van der Waals surface area contributed by atoms with Gasteiger partial charge < -0.3 is 80.5 Å². The van der Waals surface area contributed by atoms with Crippen molar-refractivity contribution in [1.82, 2.24) is 0 Å². The van der Waals surface area contributed by atoms with Gasteiger partial charge in [-0.1, -0.05) is 48.5 Å². The Balaban J connectivity index is 1.41. The van der Waals surface area contributed by atoms with Crippen molar-refractivity contribution in [1.29, 1.82) is 0 Å². The van der Waals surface area contributed by atoms with Gasteiger partial charge in [0.1, 0.15) is 31.5 Å². The highest BCUT2D eigenvalue weighted by atomic mass is 16.8. The molecule has 0 bridgehead atoms. The van der Waals surface area contributed by atoms with Gasteiger partial charge in [0, 0.05) is 56.8 Å². The van der Waals surface area contributed by atoms with Crippen LogP contribution in [0.5, 0.6) is 28.7 Å². The van der Waals surface area contributed by atoms with Gasteiger partial charge in [-0.2, -0.15) is 0 Å². The van der Waals surface area contributed by atoms with Gasteiger partial charge in [0.25, 0.3) is 0 Å². The van der Waals surface area contributed by atoms with Crippen LogP contribution in [0.25, 0.3) is 0 Å². The molecule has 14 atom stereocenters. The molecule has 3 saturated heterocycles. The molecule has 0 N–H and O–H groups in total. The van der Waals surface area contributed by atoms with E-state index in [0.29, 0.717) is 84.0 Å². The highest BCUT2D eigenvalue weighted by molar-refractivity contribution is 5.79. The predicted molar refractivity (Wildman–Crippen MR) is 300 cm³/mol. The number of carbonyl (C=O) groups is 8. The highest BCUT2D eigenvalue weighted by Gasteiger charge is 2.60. The normalized spacial score (nSPS) is 26.9. The van der Waals surface area contributed by atoms with Crippen molar-refractivity contribution in [2.24, 2.45) is 11.8 Å². The van der Waals surface area contributed by atoms with E-state index in [1.165, 1.54) is 21.3 Å². The smallest absolute Gasteiger partial charge is 0.310 e. The molecule has 0 saturated carbocycles. The summed E-state index contributed by atoms with van der Waals surface area (Å²) in [6.07, 6.45) is -16.6. The summed E-state index contributed by atoms with van der Waals surface area (Å²) < 4.78 is 105. The maximum atomic E-state index is 14.4. The summed E-state index contributed by atoms with van der Waals surface area (Å²) in [5.74, 6) is -6.76. The van der Waals surface area contributed by atoms with Crippen LogP contribution in [0.2, 0.25) is 0 Å². The fourth-order valence-corrected chi connectivity index (χ4v) is 11.3. The van der Waals surface area contributed by atoms with Crippen LogP contribution in [0.1, 0.15) is 167 Å². The zero-order valence-electron chi connectivity index (χ0n) is 51.3. The van der Waals surface area contributed by atoms with Crippen molar-refractivity contribution in [2.45, 2.75) is 212 Å². The lowest BCUT2D eigenvalue weighted by Gasteiger charge is -2.49. The first kappa shape index (κ1) is 67.5. The molecule has 4 aliphatic heterocycles. The van der Waals surface area contributed by atoms with E-state index in [0.717, 1.165) is 0 Å². The van der Waals surface area contributed by atoms with E-state index < -0.39 is 146 Å². The second-order valence-corrected chi connectivity index (χ2v) is 21.7. The molecule has 0 spiro atoms. The Hall–Kier alpha value is -6.96. The van der Waals surface area contributed by atoms with Gasteiger partial charge in [-0.15, -0.1) is 0 Å². The minimum atomic E-state index is -1.91. The van der Waals surface area contributed by atoms with E-state index in [1.807, 2.05) is 0 Å². The topological polar surface area (TPSA) is 293 Å². The largest absolute Gasteiger partial charge is 0.493 e. The first-order chi connectivity index (χ1) is 42.0. The molecule has 87 heavy (non-hydrogen) atoms. The van der Waals surface area contributed by atoms with E-state index in [2.05, 4.69) is 0 Å². The zero-order chi connectivity index (χ0) is 62.9. The predicted octanol–water partition coefficient (Wildman–Crippen LogP) is 7.51. The van der Waals surface area contributed by atoms with E-state index in [-0.39, 0.29) is 64.8 Å². The van der Waals surface area contributed by atoms with Crippen LogP contribution in [-0.4, -0.2) is 157 Å². The van der Waals surface area contributed by atoms with Gasteiger partial charge >= 0.3 is 47.8 Å². The molecule has 25 nitrogen and oxygen atoms in total. The molecule has 5 aliphatic rings. The van der Waals surface area contributed by atoms with Crippen LogP contribution in [-0.2, 0) is 95.2 Å². The summed E-state index contributed by atoms with van der Waals surface area (Å²) in [6.45, 7) is 10.7. The Bertz CT molecular complexity index is 2680. The standard InChI is InChI=1S/C62H84O25/c1-11-18-43(63)74-30-41-54(81-45(65)20-13-3)56(82-46(66)21-14-4)58(84-48(68)23-16-6)62(79-41)87-55-42(31-75-44(64)19-12-2)80-61(59(85-49(69)24-17-7)57(55)83-47(67)22-15-5)86-52-35-28-38-37(77-32-78-38)27-34(35)50(51-36(52)29-76-60(51)70)33-25-39(71-8)53(73-10)40(26-33)72-9/h25-28,36,41-42,50-52,54-59,61-62H,11-24,29-32H2,1-10H3/t36-,41+,42+,50+,51-,52+,54+,55+,56-,57-,58+,59+,61+,62+/m0/s1. The molecule has 0 radical (unpaired) electrons. The van der Waals surface area contributed by atoms with Gasteiger partial charge in [-0.05, 0) is 85.9 Å². The van der Waals surface area contributed by atoms with Crippen molar-refractivity contribution in [3.63, 3.8) is 0 Å².